The molecule has 0 amide bonds. The van der Waals surface area contributed by atoms with Crippen LogP contribution in [-0.4, -0.2) is 36.0 Å². The van der Waals surface area contributed by atoms with Gasteiger partial charge in [0, 0.05) is 11.8 Å². The number of aliphatic hydroxyl groups is 1. The van der Waals surface area contributed by atoms with E-state index in [-0.39, 0.29) is 6.10 Å². The molecule has 2 aromatic rings. The molecule has 21 heavy (non-hydrogen) atoms. The van der Waals surface area contributed by atoms with Crippen LogP contribution in [0.15, 0.2) is 18.2 Å². The number of hydrogen-bond donors (Lipinski definition) is 1. The number of rotatable bonds is 3. The summed E-state index contributed by atoms with van der Waals surface area (Å²) in [7, 11) is 3.24. The van der Waals surface area contributed by atoms with Crippen molar-refractivity contribution in [1.82, 2.24) is 4.98 Å². The zero-order chi connectivity index (χ0) is 15.2. The molecule has 1 aliphatic heterocycles. The maximum atomic E-state index is 10.2. The van der Waals surface area contributed by atoms with Crippen LogP contribution in [0.2, 0.25) is 0 Å². The number of pyridine rings is 1. The van der Waals surface area contributed by atoms with E-state index in [9.17, 15) is 5.11 Å². The lowest BCUT2D eigenvalue weighted by Crippen LogP contribution is -2.39. The molecule has 2 heterocycles. The highest BCUT2D eigenvalue weighted by molar-refractivity contribution is 5.92. The highest BCUT2D eigenvalue weighted by Crippen LogP contribution is 2.43. The summed E-state index contributed by atoms with van der Waals surface area (Å²) in [6, 6.07) is 5.70. The van der Waals surface area contributed by atoms with Gasteiger partial charge in [0.05, 0.1) is 25.4 Å². The van der Waals surface area contributed by atoms with E-state index in [1.54, 1.807) is 28.1 Å². The molecule has 1 aromatic carbocycles. The number of aromatic nitrogens is 1. The topological polar surface area (TPSA) is 60.8 Å². The van der Waals surface area contributed by atoms with Gasteiger partial charge in [-0.2, -0.15) is 0 Å². The minimum atomic E-state index is -0.942. The molecule has 1 atom stereocenters. The molecule has 1 aliphatic rings. The van der Waals surface area contributed by atoms with E-state index >= 15 is 0 Å². The van der Waals surface area contributed by atoms with Crippen LogP contribution in [0.25, 0.3) is 10.9 Å². The van der Waals surface area contributed by atoms with Gasteiger partial charge in [0.1, 0.15) is 23.1 Å². The predicted octanol–water partition coefficient (Wildman–Crippen LogP) is 2.33. The summed E-state index contributed by atoms with van der Waals surface area (Å²) < 4.78 is 16.8. The van der Waals surface area contributed by atoms with Gasteiger partial charge in [0.2, 0.25) is 5.88 Å². The zero-order valence-electron chi connectivity index (χ0n) is 12.6. The summed E-state index contributed by atoms with van der Waals surface area (Å²) >= 11 is 0. The Bertz CT molecular complexity index is 691. The van der Waals surface area contributed by atoms with Crippen molar-refractivity contribution in [3.8, 4) is 17.4 Å². The van der Waals surface area contributed by atoms with Gasteiger partial charge in [-0.25, -0.2) is 4.98 Å². The highest BCUT2D eigenvalue weighted by Gasteiger charge is 2.38. The third-order valence-electron chi connectivity index (χ3n) is 3.84. The fraction of sp³-hybridized carbons (Fsp3) is 0.438. The van der Waals surface area contributed by atoms with E-state index in [0.29, 0.717) is 23.6 Å². The molecule has 112 valence electrons. The average Bonchev–Trinajstić information content (AvgIpc) is 2.87. The second-order valence-electron chi connectivity index (χ2n) is 5.75. The van der Waals surface area contributed by atoms with Crippen LogP contribution in [0.3, 0.4) is 0 Å². The Balaban J connectivity index is 2.21. The fourth-order valence-corrected chi connectivity index (χ4v) is 2.68. The van der Waals surface area contributed by atoms with Crippen molar-refractivity contribution in [2.45, 2.75) is 32.0 Å². The Labute approximate surface area is 123 Å². The molecule has 0 saturated carbocycles. The first kappa shape index (κ1) is 13.9. The zero-order valence-corrected chi connectivity index (χ0v) is 12.6. The van der Waals surface area contributed by atoms with Crippen molar-refractivity contribution in [3.05, 3.63) is 23.8 Å². The molecule has 5 nitrogen and oxygen atoms in total. The average molecular weight is 289 g/mol. The van der Waals surface area contributed by atoms with E-state index in [1.807, 2.05) is 18.2 Å². The second-order valence-corrected chi connectivity index (χ2v) is 5.75. The van der Waals surface area contributed by atoms with Gasteiger partial charge >= 0.3 is 0 Å². The van der Waals surface area contributed by atoms with Crippen LogP contribution in [0.5, 0.6) is 17.4 Å². The number of hydrogen-bond acceptors (Lipinski definition) is 5. The molecule has 0 radical (unpaired) electrons. The molecule has 0 spiro atoms. The van der Waals surface area contributed by atoms with Crippen molar-refractivity contribution in [2.75, 3.05) is 14.2 Å². The number of benzene rings is 1. The van der Waals surface area contributed by atoms with E-state index in [4.69, 9.17) is 14.2 Å². The molecule has 0 saturated heterocycles. The summed E-state index contributed by atoms with van der Waals surface area (Å²) in [5.41, 5.74) is 0.652. The van der Waals surface area contributed by atoms with E-state index < -0.39 is 5.60 Å². The lowest BCUT2D eigenvalue weighted by atomic mass is 9.96. The monoisotopic (exact) mass is 289 g/mol. The van der Waals surface area contributed by atoms with E-state index in [2.05, 4.69) is 4.98 Å². The number of ether oxygens (including phenoxy) is 3. The summed E-state index contributed by atoms with van der Waals surface area (Å²) in [4.78, 5) is 4.56. The Morgan fingerprint density at radius 3 is 2.67 bits per heavy atom. The van der Waals surface area contributed by atoms with Crippen LogP contribution < -0.4 is 14.2 Å². The van der Waals surface area contributed by atoms with Gasteiger partial charge in [-0.3, -0.25) is 0 Å². The molecule has 0 fully saturated rings. The molecule has 0 unspecified atom stereocenters. The molecular formula is C16H19NO4. The number of para-hydroxylation sites is 1. The van der Waals surface area contributed by atoms with Gasteiger partial charge in [0.25, 0.3) is 0 Å². The molecule has 0 aliphatic carbocycles. The van der Waals surface area contributed by atoms with E-state index in [0.717, 1.165) is 16.7 Å². The quantitative estimate of drug-likeness (QED) is 0.939. The maximum Gasteiger partial charge on any atom is 0.221 e. The minimum absolute atomic E-state index is 0.336. The second kappa shape index (κ2) is 4.77. The first-order chi connectivity index (χ1) is 9.95. The maximum absolute atomic E-state index is 10.2. The van der Waals surface area contributed by atoms with Crippen molar-refractivity contribution >= 4 is 10.9 Å². The van der Waals surface area contributed by atoms with Crippen molar-refractivity contribution in [3.63, 3.8) is 0 Å². The molecule has 0 bridgehead atoms. The molecule has 1 N–H and O–H groups in total. The van der Waals surface area contributed by atoms with Gasteiger partial charge in [0.15, 0.2) is 0 Å². The Kier molecular flexibility index (Phi) is 3.17. The standard InChI is InChI=1S/C16H19NO4/c1-16(2,18)12-8-10-14(20-4)9-6-5-7-11(19-3)13(9)17-15(10)21-12/h5-7,12,18H,8H2,1-4H3/t12-/m0/s1. The minimum Gasteiger partial charge on any atom is -0.496 e. The smallest absolute Gasteiger partial charge is 0.221 e. The number of fused-ring (bicyclic) bond motifs is 2. The lowest BCUT2D eigenvalue weighted by molar-refractivity contribution is -0.0243. The number of nitrogens with zero attached hydrogens (tertiary/aromatic N) is 1. The largest absolute Gasteiger partial charge is 0.496 e. The van der Waals surface area contributed by atoms with Crippen molar-refractivity contribution in [2.24, 2.45) is 0 Å². The summed E-state index contributed by atoms with van der Waals surface area (Å²) in [5, 5.41) is 11.1. The molecular weight excluding hydrogens is 270 g/mol. The van der Waals surface area contributed by atoms with Gasteiger partial charge in [-0.1, -0.05) is 6.07 Å². The first-order valence-corrected chi connectivity index (χ1v) is 6.88. The first-order valence-electron chi connectivity index (χ1n) is 6.88. The third kappa shape index (κ3) is 2.17. The molecule has 5 heteroatoms. The molecule has 3 rings (SSSR count). The van der Waals surface area contributed by atoms with Crippen LogP contribution in [0, 0.1) is 0 Å². The van der Waals surface area contributed by atoms with Crippen molar-refractivity contribution < 1.29 is 19.3 Å². The third-order valence-corrected chi connectivity index (χ3v) is 3.84. The highest BCUT2D eigenvalue weighted by atomic mass is 16.5. The summed E-state index contributed by atoms with van der Waals surface area (Å²) in [5.74, 6) is 1.92. The van der Waals surface area contributed by atoms with Crippen LogP contribution in [0.4, 0.5) is 0 Å². The Morgan fingerprint density at radius 1 is 1.29 bits per heavy atom. The summed E-state index contributed by atoms with van der Waals surface area (Å²) in [6.07, 6.45) is 0.235. The Hall–Kier alpha value is -2.01. The van der Waals surface area contributed by atoms with Gasteiger partial charge in [-0.15, -0.1) is 0 Å². The Morgan fingerprint density at radius 2 is 2.05 bits per heavy atom. The van der Waals surface area contributed by atoms with Gasteiger partial charge < -0.3 is 19.3 Å². The molecule has 1 aromatic heterocycles. The SMILES string of the molecule is COc1c2c(nc3c(OC)cccc13)O[C@H](C(C)(C)O)C2. The van der Waals surface area contributed by atoms with Crippen LogP contribution >= 0.6 is 0 Å². The predicted molar refractivity (Wildman–Crippen MR) is 79.3 cm³/mol. The normalized spacial score (nSPS) is 17.5. The van der Waals surface area contributed by atoms with Crippen LogP contribution in [0.1, 0.15) is 19.4 Å². The number of methoxy groups -OCH3 is 2. The van der Waals surface area contributed by atoms with Gasteiger partial charge in [-0.05, 0) is 26.0 Å². The summed E-state index contributed by atoms with van der Waals surface area (Å²) in [6.45, 7) is 3.46. The lowest BCUT2D eigenvalue weighted by Gasteiger charge is -2.24. The van der Waals surface area contributed by atoms with Crippen molar-refractivity contribution in [1.29, 1.82) is 0 Å². The van der Waals surface area contributed by atoms with E-state index in [1.165, 1.54) is 0 Å². The van der Waals surface area contributed by atoms with Crippen LogP contribution in [-0.2, 0) is 6.42 Å². The fourth-order valence-electron chi connectivity index (χ4n) is 2.68.